The van der Waals surface area contributed by atoms with Crippen LogP contribution >= 0.6 is 0 Å². The van der Waals surface area contributed by atoms with Gasteiger partial charge in [-0.15, -0.1) is 0 Å². The minimum atomic E-state index is -3.30. The number of ether oxygens (including phenoxy) is 1. The molecule has 0 saturated carbocycles. The van der Waals surface area contributed by atoms with Gasteiger partial charge < -0.3 is 4.74 Å². The lowest BCUT2D eigenvalue weighted by Gasteiger charge is -2.09. The average molecular weight is 266 g/mol. The predicted molar refractivity (Wildman–Crippen MR) is 67.4 cm³/mol. The van der Waals surface area contributed by atoms with Gasteiger partial charge in [0, 0.05) is 18.6 Å². The van der Waals surface area contributed by atoms with E-state index in [0.717, 1.165) is 5.56 Å². The third-order valence-electron chi connectivity index (χ3n) is 2.53. The van der Waals surface area contributed by atoms with E-state index in [-0.39, 0.29) is 4.90 Å². The number of methoxy groups -OCH3 is 1. The van der Waals surface area contributed by atoms with Crippen LogP contribution in [0, 0.1) is 0 Å². The van der Waals surface area contributed by atoms with Crippen molar-refractivity contribution in [3.8, 4) is 5.75 Å². The molecule has 0 bridgehead atoms. The zero-order valence-electron chi connectivity index (χ0n) is 10.2. The topological polar surface area (TPSA) is 61.2 Å². The fraction of sp³-hybridized carbons (Fsp3) is 0.250. The zero-order valence-corrected chi connectivity index (χ0v) is 11.0. The molecule has 1 aromatic carbocycles. The van der Waals surface area contributed by atoms with E-state index in [4.69, 9.17) is 4.74 Å². The summed E-state index contributed by atoms with van der Waals surface area (Å²) in [5.41, 5.74) is 0.861. The summed E-state index contributed by atoms with van der Waals surface area (Å²) < 4.78 is 30.1. The van der Waals surface area contributed by atoms with Crippen LogP contribution in [0.1, 0.15) is 5.56 Å². The van der Waals surface area contributed by atoms with Crippen molar-refractivity contribution in [1.29, 1.82) is 0 Å². The quantitative estimate of drug-likeness (QED) is 0.838. The molecule has 1 aromatic heterocycles. The van der Waals surface area contributed by atoms with Gasteiger partial charge in [-0.05, 0) is 23.8 Å². The number of rotatable bonds is 4. The van der Waals surface area contributed by atoms with Gasteiger partial charge in [0.05, 0.1) is 13.7 Å². The Morgan fingerprint density at radius 1 is 1.39 bits per heavy atom. The summed E-state index contributed by atoms with van der Waals surface area (Å²) >= 11 is 0. The number of aromatic nitrogens is 2. The van der Waals surface area contributed by atoms with Crippen LogP contribution in [0.3, 0.4) is 0 Å². The van der Waals surface area contributed by atoms with Gasteiger partial charge in [-0.1, -0.05) is 6.07 Å². The number of hydrogen-bond donors (Lipinski definition) is 0. The number of hydrogen-bond acceptors (Lipinski definition) is 4. The molecule has 0 atom stereocenters. The summed E-state index contributed by atoms with van der Waals surface area (Å²) in [5.74, 6) is 0.363. The van der Waals surface area contributed by atoms with E-state index < -0.39 is 9.84 Å². The highest BCUT2D eigenvalue weighted by molar-refractivity contribution is 7.90. The number of nitrogens with zero attached hydrogens (tertiary/aromatic N) is 2. The molecule has 96 valence electrons. The van der Waals surface area contributed by atoms with Crippen LogP contribution in [0.2, 0.25) is 0 Å². The van der Waals surface area contributed by atoms with Gasteiger partial charge in [-0.2, -0.15) is 5.10 Å². The fourth-order valence-corrected chi connectivity index (χ4v) is 2.57. The van der Waals surface area contributed by atoms with Gasteiger partial charge in [0.25, 0.3) is 0 Å². The minimum Gasteiger partial charge on any atom is -0.495 e. The van der Waals surface area contributed by atoms with Crippen LogP contribution < -0.4 is 4.74 Å². The van der Waals surface area contributed by atoms with Crippen LogP contribution in [-0.2, 0) is 16.4 Å². The number of benzene rings is 1. The van der Waals surface area contributed by atoms with Crippen LogP contribution in [0.25, 0.3) is 0 Å². The molecule has 0 aliphatic heterocycles. The molecular weight excluding hydrogens is 252 g/mol. The first-order valence-corrected chi connectivity index (χ1v) is 7.24. The molecule has 0 N–H and O–H groups in total. The van der Waals surface area contributed by atoms with Crippen molar-refractivity contribution in [2.45, 2.75) is 11.4 Å². The van der Waals surface area contributed by atoms with Gasteiger partial charge in [-0.25, -0.2) is 8.42 Å². The first-order chi connectivity index (χ1) is 8.50. The van der Waals surface area contributed by atoms with Crippen LogP contribution in [0.15, 0.2) is 41.6 Å². The standard InChI is InChI=1S/C12H14N2O3S/c1-17-11-5-4-10(8-12(11)18(2,15)16)9-14-7-3-6-13-14/h3-8H,9H2,1-2H3. The molecule has 2 aromatic rings. The van der Waals surface area contributed by atoms with Crippen molar-refractivity contribution in [2.24, 2.45) is 0 Å². The van der Waals surface area contributed by atoms with E-state index in [0.29, 0.717) is 12.3 Å². The summed E-state index contributed by atoms with van der Waals surface area (Å²) in [6.45, 7) is 0.527. The summed E-state index contributed by atoms with van der Waals surface area (Å²) in [4.78, 5) is 0.203. The zero-order chi connectivity index (χ0) is 13.2. The smallest absolute Gasteiger partial charge is 0.179 e. The maximum Gasteiger partial charge on any atom is 0.179 e. The van der Waals surface area contributed by atoms with Gasteiger partial charge in [0.15, 0.2) is 9.84 Å². The molecule has 0 aliphatic carbocycles. The third kappa shape index (κ3) is 2.70. The maximum atomic E-state index is 11.7. The predicted octanol–water partition coefficient (Wildman–Crippen LogP) is 1.34. The normalized spacial score (nSPS) is 11.4. The molecule has 18 heavy (non-hydrogen) atoms. The summed E-state index contributed by atoms with van der Waals surface area (Å²) in [6, 6.07) is 6.93. The Kier molecular flexibility index (Phi) is 3.38. The maximum absolute atomic E-state index is 11.7. The van der Waals surface area contributed by atoms with Gasteiger partial charge in [0.1, 0.15) is 10.6 Å². The van der Waals surface area contributed by atoms with E-state index >= 15 is 0 Å². The van der Waals surface area contributed by atoms with Gasteiger partial charge >= 0.3 is 0 Å². The highest BCUT2D eigenvalue weighted by Crippen LogP contribution is 2.25. The molecule has 0 radical (unpaired) electrons. The van der Waals surface area contributed by atoms with Crippen molar-refractivity contribution < 1.29 is 13.2 Å². The minimum absolute atomic E-state index is 0.203. The molecule has 2 rings (SSSR count). The van der Waals surface area contributed by atoms with Crippen molar-refractivity contribution in [3.63, 3.8) is 0 Å². The van der Waals surface area contributed by atoms with Crippen LogP contribution in [0.5, 0.6) is 5.75 Å². The van der Waals surface area contributed by atoms with E-state index in [1.54, 1.807) is 23.0 Å². The Morgan fingerprint density at radius 2 is 2.17 bits per heavy atom. The number of sulfone groups is 1. The SMILES string of the molecule is COc1ccc(Cn2cccn2)cc1S(C)(=O)=O. The van der Waals surface area contributed by atoms with Crippen molar-refractivity contribution in [1.82, 2.24) is 9.78 Å². The molecular formula is C12H14N2O3S. The van der Waals surface area contributed by atoms with E-state index in [9.17, 15) is 8.42 Å². The Labute approximate surface area is 106 Å². The van der Waals surface area contributed by atoms with Gasteiger partial charge in [-0.3, -0.25) is 4.68 Å². The molecule has 1 heterocycles. The molecule has 0 fully saturated rings. The second kappa shape index (κ2) is 4.81. The van der Waals surface area contributed by atoms with Crippen molar-refractivity contribution in [3.05, 3.63) is 42.2 Å². The Bertz CT molecular complexity index is 633. The second-order valence-corrected chi connectivity index (χ2v) is 5.95. The highest BCUT2D eigenvalue weighted by atomic mass is 32.2. The molecule has 0 amide bonds. The van der Waals surface area contributed by atoms with Crippen LogP contribution in [0.4, 0.5) is 0 Å². The van der Waals surface area contributed by atoms with Crippen molar-refractivity contribution >= 4 is 9.84 Å². The Morgan fingerprint density at radius 3 is 2.72 bits per heavy atom. The molecule has 0 saturated heterocycles. The molecule has 0 unspecified atom stereocenters. The third-order valence-corrected chi connectivity index (χ3v) is 3.65. The monoisotopic (exact) mass is 266 g/mol. The molecule has 0 aliphatic rings. The van der Waals surface area contributed by atoms with E-state index in [1.807, 2.05) is 18.3 Å². The molecule has 6 heteroatoms. The summed E-state index contributed by atoms with van der Waals surface area (Å²) in [7, 11) is -1.85. The van der Waals surface area contributed by atoms with E-state index in [2.05, 4.69) is 5.10 Å². The lowest BCUT2D eigenvalue weighted by atomic mass is 10.2. The largest absolute Gasteiger partial charge is 0.495 e. The lowest BCUT2D eigenvalue weighted by molar-refractivity contribution is 0.402. The first-order valence-electron chi connectivity index (χ1n) is 5.35. The highest BCUT2D eigenvalue weighted by Gasteiger charge is 2.14. The van der Waals surface area contributed by atoms with Crippen LogP contribution in [-0.4, -0.2) is 31.6 Å². The summed E-state index contributed by atoms with van der Waals surface area (Å²) in [6.07, 6.45) is 4.67. The van der Waals surface area contributed by atoms with Crippen molar-refractivity contribution in [2.75, 3.05) is 13.4 Å². The Balaban J connectivity index is 2.40. The second-order valence-electron chi connectivity index (χ2n) is 3.96. The molecule has 5 nitrogen and oxygen atoms in total. The van der Waals surface area contributed by atoms with Gasteiger partial charge in [0.2, 0.25) is 0 Å². The molecule has 0 spiro atoms. The first kappa shape index (κ1) is 12.6. The Hall–Kier alpha value is -1.82. The fourth-order valence-electron chi connectivity index (χ4n) is 1.69. The summed E-state index contributed by atoms with van der Waals surface area (Å²) in [5, 5.41) is 4.08. The average Bonchev–Trinajstić information content (AvgIpc) is 2.80. The lowest BCUT2D eigenvalue weighted by Crippen LogP contribution is -2.04. The van der Waals surface area contributed by atoms with E-state index in [1.165, 1.54) is 13.4 Å².